The third-order valence-electron chi connectivity index (χ3n) is 2.19. The maximum Gasteiger partial charge on any atom is 0.0577 e. The Kier molecular flexibility index (Phi) is 1.15. The van der Waals surface area contributed by atoms with Gasteiger partial charge in [0.05, 0.1) is 6.54 Å². The van der Waals surface area contributed by atoms with Crippen molar-refractivity contribution in [1.29, 1.82) is 0 Å². The lowest BCUT2D eigenvalue weighted by molar-refractivity contribution is 0.415. The van der Waals surface area contributed by atoms with Crippen molar-refractivity contribution in [3.8, 4) is 0 Å². The molecule has 2 rings (SSSR count). The fourth-order valence-electron chi connectivity index (χ4n) is 1.35. The zero-order chi connectivity index (χ0) is 6.10. The van der Waals surface area contributed by atoms with Crippen LogP contribution in [0.3, 0.4) is 0 Å². The molecule has 0 atom stereocenters. The second-order valence-electron chi connectivity index (χ2n) is 2.80. The summed E-state index contributed by atoms with van der Waals surface area (Å²) < 4.78 is 0. The molecule has 0 aromatic carbocycles. The minimum absolute atomic E-state index is 0.837. The van der Waals surface area contributed by atoms with Crippen LogP contribution < -0.4 is 0 Å². The third kappa shape index (κ3) is 0.805. The molecule has 0 unspecified atom stereocenters. The highest BCUT2D eigenvalue weighted by Gasteiger charge is 2.21. The smallest absolute Gasteiger partial charge is 0.0577 e. The number of hydrogen-bond donors (Lipinski definition) is 0. The van der Waals surface area contributed by atoms with Crippen LogP contribution in [-0.2, 0) is 0 Å². The minimum Gasteiger partial charge on any atom is -0.285 e. The number of allylic oxidation sites excluding steroid dienone is 1. The van der Waals surface area contributed by atoms with E-state index in [9.17, 15) is 0 Å². The molecule has 1 heteroatoms. The van der Waals surface area contributed by atoms with E-state index in [-0.39, 0.29) is 0 Å². The van der Waals surface area contributed by atoms with Crippen molar-refractivity contribution in [3.05, 3.63) is 12.2 Å². The third-order valence-corrected chi connectivity index (χ3v) is 2.19. The van der Waals surface area contributed by atoms with E-state index in [4.69, 9.17) is 0 Å². The van der Waals surface area contributed by atoms with Gasteiger partial charge in [0, 0.05) is 11.6 Å². The number of aliphatic imine (C=N–C) groups is 1. The molecule has 1 aliphatic carbocycles. The van der Waals surface area contributed by atoms with Crippen molar-refractivity contribution < 1.29 is 0 Å². The molecule has 0 N–H and O–H groups in total. The van der Waals surface area contributed by atoms with Crippen molar-refractivity contribution in [3.63, 3.8) is 0 Å². The summed E-state index contributed by atoms with van der Waals surface area (Å²) in [5, 5.41) is 0. The monoisotopic (exact) mass is 121 g/mol. The van der Waals surface area contributed by atoms with Crippen LogP contribution in [0.5, 0.6) is 0 Å². The minimum atomic E-state index is 0.837. The van der Waals surface area contributed by atoms with Gasteiger partial charge in [-0.2, -0.15) is 0 Å². The van der Waals surface area contributed by atoms with Crippen molar-refractivity contribution >= 4 is 5.71 Å². The van der Waals surface area contributed by atoms with E-state index >= 15 is 0 Å². The molecule has 2 aliphatic rings. The summed E-state index contributed by atoms with van der Waals surface area (Å²) in [4.78, 5) is 4.36. The zero-order valence-electron chi connectivity index (χ0n) is 5.51. The van der Waals surface area contributed by atoms with Gasteiger partial charge in [0.1, 0.15) is 0 Å². The molecule has 0 spiro atoms. The lowest BCUT2D eigenvalue weighted by Gasteiger charge is -2.24. The number of nitrogens with zero attached hydrogens (tertiary/aromatic N) is 1. The first kappa shape index (κ1) is 5.21. The molecule has 1 fully saturated rings. The van der Waals surface area contributed by atoms with Gasteiger partial charge < -0.3 is 0 Å². The van der Waals surface area contributed by atoms with Gasteiger partial charge in [0.25, 0.3) is 0 Å². The fraction of sp³-hybridized carbons (Fsp3) is 0.625. The second-order valence-corrected chi connectivity index (χ2v) is 2.80. The van der Waals surface area contributed by atoms with E-state index in [0.717, 1.165) is 12.5 Å². The number of hydrogen-bond acceptors (Lipinski definition) is 1. The molecular formula is C8H11N. The maximum absolute atomic E-state index is 4.36. The van der Waals surface area contributed by atoms with Crippen LogP contribution in [0.2, 0.25) is 0 Å². The molecule has 0 saturated heterocycles. The van der Waals surface area contributed by atoms with Gasteiger partial charge in [-0.05, 0) is 18.9 Å². The van der Waals surface area contributed by atoms with E-state index in [0.29, 0.717) is 0 Å². The molecule has 0 aromatic rings. The SMILES string of the molecule is C1=CC(C2CCC2)=NC1. The Bertz CT molecular complexity index is 163. The lowest BCUT2D eigenvalue weighted by atomic mass is 9.82. The largest absolute Gasteiger partial charge is 0.285 e. The first-order chi connectivity index (χ1) is 4.47. The maximum atomic E-state index is 4.36. The predicted molar refractivity (Wildman–Crippen MR) is 38.8 cm³/mol. The summed E-state index contributed by atoms with van der Waals surface area (Å²) in [6.07, 6.45) is 8.50. The Morgan fingerprint density at radius 2 is 2.33 bits per heavy atom. The Morgan fingerprint density at radius 3 is 2.78 bits per heavy atom. The standard InChI is InChI=1S/C8H11N/c1-3-7(4-1)8-5-2-6-9-8/h2,5,7H,1,3-4,6H2. The first-order valence-electron chi connectivity index (χ1n) is 3.68. The van der Waals surface area contributed by atoms with E-state index in [1.54, 1.807) is 0 Å². The zero-order valence-corrected chi connectivity index (χ0v) is 5.51. The van der Waals surface area contributed by atoms with Gasteiger partial charge >= 0.3 is 0 Å². The van der Waals surface area contributed by atoms with Crippen LogP contribution in [0.4, 0.5) is 0 Å². The van der Waals surface area contributed by atoms with Crippen molar-refractivity contribution in [2.24, 2.45) is 10.9 Å². The average Bonchev–Trinajstić information content (AvgIpc) is 2.11. The highest BCUT2D eigenvalue weighted by Crippen LogP contribution is 2.29. The normalized spacial score (nSPS) is 26.0. The van der Waals surface area contributed by atoms with Gasteiger partial charge in [0.2, 0.25) is 0 Å². The fourth-order valence-corrected chi connectivity index (χ4v) is 1.35. The second kappa shape index (κ2) is 1.98. The van der Waals surface area contributed by atoms with Crippen LogP contribution in [0.1, 0.15) is 19.3 Å². The van der Waals surface area contributed by atoms with Crippen molar-refractivity contribution in [2.75, 3.05) is 6.54 Å². The molecule has 0 radical (unpaired) electrons. The van der Waals surface area contributed by atoms with Crippen LogP contribution in [0.15, 0.2) is 17.1 Å². The molecule has 1 saturated carbocycles. The molecule has 0 aromatic heterocycles. The lowest BCUT2D eigenvalue weighted by Crippen LogP contribution is -2.19. The molecular weight excluding hydrogens is 110 g/mol. The van der Waals surface area contributed by atoms with Crippen molar-refractivity contribution in [1.82, 2.24) is 0 Å². The molecule has 1 nitrogen and oxygen atoms in total. The Balaban J connectivity index is 2.03. The van der Waals surface area contributed by atoms with E-state index in [1.807, 2.05) is 0 Å². The molecule has 1 heterocycles. The molecule has 0 amide bonds. The molecule has 1 aliphatic heterocycles. The molecule has 0 bridgehead atoms. The topological polar surface area (TPSA) is 12.4 Å². The quantitative estimate of drug-likeness (QED) is 0.501. The number of rotatable bonds is 1. The average molecular weight is 121 g/mol. The Labute approximate surface area is 55.5 Å². The van der Waals surface area contributed by atoms with Gasteiger partial charge in [-0.1, -0.05) is 12.5 Å². The van der Waals surface area contributed by atoms with Crippen LogP contribution >= 0.6 is 0 Å². The van der Waals surface area contributed by atoms with Crippen LogP contribution in [0.25, 0.3) is 0 Å². The summed E-state index contributed by atoms with van der Waals surface area (Å²) in [6.45, 7) is 0.936. The first-order valence-corrected chi connectivity index (χ1v) is 3.68. The van der Waals surface area contributed by atoms with Gasteiger partial charge in [-0.3, -0.25) is 4.99 Å². The molecule has 9 heavy (non-hydrogen) atoms. The van der Waals surface area contributed by atoms with E-state index in [2.05, 4.69) is 17.1 Å². The van der Waals surface area contributed by atoms with Crippen LogP contribution in [0, 0.1) is 5.92 Å². The van der Waals surface area contributed by atoms with E-state index < -0.39 is 0 Å². The summed E-state index contributed by atoms with van der Waals surface area (Å²) in [6, 6.07) is 0. The summed E-state index contributed by atoms with van der Waals surface area (Å²) >= 11 is 0. The van der Waals surface area contributed by atoms with Crippen LogP contribution in [-0.4, -0.2) is 12.3 Å². The molecule has 48 valence electrons. The summed E-state index contributed by atoms with van der Waals surface area (Å²) in [5.41, 5.74) is 1.36. The van der Waals surface area contributed by atoms with E-state index in [1.165, 1.54) is 25.0 Å². The highest BCUT2D eigenvalue weighted by atomic mass is 14.8. The summed E-state index contributed by atoms with van der Waals surface area (Å²) in [7, 11) is 0. The highest BCUT2D eigenvalue weighted by molar-refractivity contribution is 5.98. The van der Waals surface area contributed by atoms with Gasteiger partial charge in [-0.25, -0.2) is 0 Å². The van der Waals surface area contributed by atoms with Gasteiger partial charge in [0.15, 0.2) is 0 Å². The predicted octanol–water partition coefficient (Wildman–Crippen LogP) is 1.80. The van der Waals surface area contributed by atoms with Gasteiger partial charge in [-0.15, -0.1) is 0 Å². The Morgan fingerprint density at radius 1 is 1.44 bits per heavy atom. The Hall–Kier alpha value is -0.590. The summed E-state index contributed by atoms with van der Waals surface area (Å²) in [5.74, 6) is 0.837. The van der Waals surface area contributed by atoms with Crippen molar-refractivity contribution in [2.45, 2.75) is 19.3 Å².